The fraction of sp³-hybridized carbons (Fsp3) is 0.0500. The predicted octanol–water partition coefficient (Wildman–Crippen LogP) is 5.04. The second-order valence-electron chi connectivity index (χ2n) is 6.22. The molecule has 1 aromatic carbocycles. The van der Waals surface area contributed by atoms with E-state index in [1.165, 1.54) is 23.1 Å². The van der Waals surface area contributed by atoms with Crippen LogP contribution in [0.3, 0.4) is 0 Å². The molecule has 0 unspecified atom stereocenters. The summed E-state index contributed by atoms with van der Waals surface area (Å²) in [6.45, 7) is 0. The van der Waals surface area contributed by atoms with E-state index in [0.29, 0.717) is 37.9 Å². The first-order valence-electron chi connectivity index (χ1n) is 8.81. The van der Waals surface area contributed by atoms with Gasteiger partial charge in [0.2, 0.25) is 5.89 Å². The van der Waals surface area contributed by atoms with Crippen molar-refractivity contribution in [2.75, 3.05) is 0 Å². The van der Waals surface area contributed by atoms with Crippen molar-refractivity contribution in [3.8, 4) is 22.6 Å². The molecule has 148 valence electrons. The van der Waals surface area contributed by atoms with Gasteiger partial charge in [0, 0.05) is 39.5 Å². The summed E-state index contributed by atoms with van der Waals surface area (Å²) in [4.78, 5) is 24.8. The number of aromatic nitrogens is 5. The maximum Gasteiger partial charge on any atom is 0.277 e. The molecule has 0 saturated heterocycles. The minimum atomic E-state index is -0.199. The molecule has 0 aliphatic rings. The van der Waals surface area contributed by atoms with Crippen LogP contribution in [0.2, 0.25) is 5.02 Å². The average molecular weight is 454 g/mol. The monoisotopic (exact) mass is 453 g/mol. The lowest BCUT2D eigenvalue weighted by atomic mass is 10.1. The number of pyridine rings is 1. The zero-order valence-electron chi connectivity index (χ0n) is 15.2. The van der Waals surface area contributed by atoms with Crippen molar-refractivity contribution in [1.29, 1.82) is 0 Å². The molecule has 0 saturated carbocycles. The number of hydrogen-bond acceptors (Lipinski definition) is 8. The molecule has 0 spiro atoms. The maximum atomic E-state index is 12.8. The SMILES string of the molecule is O=c1[nH]c(CSc2nnc(-c3ccncc3)o2)nc2scc(-c3ccccc3Cl)c12. The van der Waals surface area contributed by atoms with Gasteiger partial charge < -0.3 is 9.40 Å². The molecule has 0 fully saturated rings. The molecule has 10 heteroatoms. The number of hydrogen-bond donors (Lipinski definition) is 1. The van der Waals surface area contributed by atoms with Gasteiger partial charge in [-0.25, -0.2) is 4.98 Å². The Balaban J connectivity index is 1.40. The highest BCUT2D eigenvalue weighted by Crippen LogP contribution is 2.35. The summed E-state index contributed by atoms with van der Waals surface area (Å²) in [5.74, 6) is 1.34. The summed E-state index contributed by atoms with van der Waals surface area (Å²) in [5.41, 5.74) is 2.19. The number of benzene rings is 1. The minimum absolute atomic E-state index is 0.199. The summed E-state index contributed by atoms with van der Waals surface area (Å²) in [6.07, 6.45) is 3.32. The number of rotatable bonds is 5. The van der Waals surface area contributed by atoms with Crippen molar-refractivity contribution in [1.82, 2.24) is 25.1 Å². The third kappa shape index (κ3) is 3.62. The molecule has 1 N–H and O–H groups in total. The summed E-state index contributed by atoms with van der Waals surface area (Å²) >= 11 is 9.02. The van der Waals surface area contributed by atoms with Crippen LogP contribution in [0.1, 0.15) is 5.82 Å². The van der Waals surface area contributed by atoms with Crippen LogP contribution in [0.25, 0.3) is 32.8 Å². The van der Waals surface area contributed by atoms with E-state index in [9.17, 15) is 4.79 Å². The highest BCUT2D eigenvalue weighted by atomic mass is 35.5. The Bertz CT molecular complexity index is 1400. The van der Waals surface area contributed by atoms with Crippen LogP contribution in [0.5, 0.6) is 0 Å². The first-order chi connectivity index (χ1) is 14.7. The second kappa shape index (κ2) is 8.02. The summed E-state index contributed by atoms with van der Waals surface area (Å²) in [7, 11) is 0. The molecule has 0 amide bonds. The Labute approximate surface area is 183 Å². The van der Waals surface area contributed by atoms with Crippen molar-refractivity contribution in [2.24, 2.45) is 0 Å². The summed E-state index contributed by atoms with van der Waals surface area (Å²) in [6, 6.07) is 11.0. The fourth-order valence-electron chi connectivity index (χ4n) is 2.95. The van der Waals surface area contributed by atoms with Crippen molar-refractivity contribution in [3.63, 3.8) is 0 Å². The Hall–Kier alpha value is -3.01. The minimum Gasteiger partial charge on any atom is -0.411 e. The van der Waals surface area contributed by atoms with E-state index < -0.39 is 0 Å². The first kappa shape index (κ1) is 19.0. The van der Waals surface area contributed by atoms with Gasteiger partial charge in [0.15, 0.2) is 0 Å². The van der Waals surface area contributed by atoms with Gasteiger partial charge in [0.1, 0.15) is 10.7 Å². The molecule has 0 atom stereocenters. The number of nitrogens with one attached hydrogen (secondary N) is 1. The van der Waals surface area contributed by atoms with E-state index in [4.69, 9.17) is 16.0 Å². The molecule has 5 rings (SSSR count). The standard InChI is InChI=1S/C20H12ClN5O2S2/c21-14-4-2-1-3-12(14)13-9-29-19-16(13)17(27)23-15(24-19)10-30-20-26-25-18(28-20)11-5-7-22-8-6-11/h1-9H,10H2,(H,23,24,27). The number of thioether (sulfide) groups is 1. The first-order valence-corrected chi connectivity index (χ1v) is 11.1. The Morgan fingerprint density at radius 2 is 1.93 bits per heavy atom. The maximum absolute atomic E-state index is 12.8. The third-order valence-electron chi connectivity index (χ3n) is 4.32. The van der Waals surface area contributed by atoms with Gasteiger partial charge in [-0.15, -0.1) is 21.5 Å². The number of thiophene rings is 1. The molecule has 0 radical (unpaired) electrons. The largest absolute Gasteiger partial charge is 0.411 e. The van der Waals surface area contributed by atoms with Crippen LogP contribution in [0, 0.1) is 0 Å². The molecule has 5 aromatic rings. The molecule has 30 heavy (non-hydrogen) atoms. The van der Waals surface area contributed by atoms with Crippen LogP contribution in [0.15, 0.2) is 68.6 Å². The molecule has 7 nitrogen and oxygen atoms in total. The van der Waals surface area contributed by atoms with Gasteiger partial charge in [0.25, 0.3) is 10.8 Å². The molecule has 4 heterocycles. The Morgan fingerprint density at radius 3 is 2.77 bits per heavy atom. The summed E-state index contributed by atoms with van der Waals surface area (Å²) in [5, 5.41) is 11.5. The highest BCUT2D eigenvalue weighted by Gasteiger charge is 2.16. The van der Waals surface area contributed by atoms with Crippen LogP contribution >= 0.6 is 34.7 Å². The normalized spacial score (nSPS) is 11.2. The van der Waals surface area contributed by atoms with Gasteiger partial charge in [-0.3, -0.25) is 9.78 Å². The van der Waals surface area contributed by atoms with Gasteiger partial charge in [0.05, 0.1) is 11.1 Å². The molecule has 0 aliphatic carbocycles. The Kier molecular flexibility index (Phi) is 5.07. The van der Waals surface area contributed by atoms with Crippen molar-refractivity contribution in [3.05, 3.63) is 75.4 Å². The molecule has 4 aromatic heterocycles. The van der Waals surface area contributed by atoms with Gasteiger partial charge >= 0.3 is 0 Å². The molecular formula is C20H12ClN5O2S2. The zero-order chi connectivity index (χ0) is 20.5. The van der Waals surface area contributed by atoms with Crippen molar-refractivity contribution >= 4 is 44.9 Å². The molecule has 0 aliphatic heterocycles. The highest BCUT2D eigenvalue weighted by molar-refractivity contribution is 7.98. The number of aromatic amines is 1. The van der Waals surface area contributed by atoms with Crippen molar-refractivity contribution < 1.29 is 4.42 Å². The summed E-state index contributed by atoms with van der Waals surface area (Å²) < 4.78 is 5.67. The zero-order valence-corrected chi connectivity index (χ0v) is 17.6. The quantitative estimate of drug-likeness (QED) is 0.372. The van der Waals surface area contributed by atoms with Gasteiger partial charge in [-0.1, -0.05) is 41.6 Å². The van der Waals surface area contributed by atoms with Gasteiger partial charge in [-0.2, -0.15) is 0 Å². The van der Waals surface area contributed by atoms with E-state index in [-0.39, 0.29) is 5.56 Å². The van der Waals surface area contributed by atoms with E-state index in [2.05, 4.69) is 25.1 Å². The predicted molar refractivity (Wildman–Crippen MR) is 118 cm³/mol. The number of fused-ring (bicyclic) bond motifs is 1. The number of nitrogens with zero attached hydrogens (tertiary/aromatic N) is 4. The fourth-order valence-corrected chi connectivity index (χ4v) is 4.78. The lowest BCUT2D eigenvalue weighted by molar-refractivity contribution is 0.465. The number of H-pyrrole nitrogens is 1. The van der Waals surface area contributed by atoms with Crippen LogP contribution in [-0.2, 0) is 5.75 Å². The van der Waals surface area contributed by atoms with E-state index >= 15 is 0 Å². The average Bonchev–Trinajstić information content (AvgIpc) is 3.41. The molecule has 0 bridgehead atoms. The van der Waals surface area contributed by atoms with Crippen molar-refractivity contribution in [2.45, 2.75) is 11.0 Å². The van der Waals surface area contributed by atoms with E-state index in [1.807, 2.05) is 23.6 Å². The van der Waals surface area contributed by atoms with Crippen LogP contribution in [-0.4, -0.2) is 25.1 Å². The Morgan fingerprint density at radius 1 is 1.10 bits per heavy atom. The van der Waals surface area contributed by atoms with E-state index in [0.717, 1.165) is 16.7 Å². The number of halogens is 1. The topological polar surface area (TPSA) is 97.6 Å². The molecular weight excluding hydrogens is 442 g/mol. The lowest BCUT2D eigenvalue weighted by Crippen LogP contribution is -2.10. The second-order valence-corrected chi connectivity index (χ2v) is 8.41. The van der Waals surface area contributed by atoms with Crippen LogP contribution < -0.4 is 5.56 Å². The van der Waals surface area contributed by atoms with Crippen LogP contribution in [0.4, 0.5) is 0 Å². The van der Waals surface area contributed by atoms with E-state index in [1.54, 1.807) is 30.6 Å². The lowest BCUT2D eigenvalue weighted by Gasteiger charge is -2.03. The van der Waals surface area contributed by atoms with Gasteiger partial charge in [-0.05, 0) is 18.2 Å². The smallest absolute Gasteiger partial charge is 0.277 e. The third-order valence-corrected chi connectivity index (χ3v) is 6.35.